The minimum atomic E-state index is -4.66. The molecular formula is C22H17F5O4S. The third-order valence-corrected chi connectivity index (χ3v) is 5.94. The quantitative estimate of drug-likeness (QED) is 0.432. The van der Waals surface area contributed by atoms with E-state index in [9.17, 15) is 22.0 Å². The highest BCUT2D eigenvalue weighted by Crippen LogP contribution is 2.44. The molecule has 0 amide bonds. The Bertz CT molecular complexity index is 1100. The van der Waals surface area contributed by atoms with Gasteiger partial charge in [-0.25, -0.2) is 8.78 Å². The Labute approximate surface area is 183 Å². The van der Waals surface area contributed by atoms with Crippen molar-refractivity contribution in [3.8, 4) is 28.4 Å². The lowest BCUT2D eigenvalue weighted by atomic mass is 10.0. The molecule has 0 unspecified atom stereocenters. The number of fused-ring (bicyclic) bond motifs is 1. The maximum atomic E-state index is 14.4. The average molecular weight is 472 g/mol. The number of hydrogen-bond donors (Lipinski definition) is 1. The van der Waals surface area contributed by atoms with Crippen LogP contribution >= 0.6 is 11.3 Å². The van der Waals surface area contributed by atoms with E-state index in [0.717, 1.165) is 12.1 Å². The topological polar surface area (TPSA) is 47.9 Å². The summed E-state index contributed by atoms with van der Waals surface area (Å²) in [7, 11) is 0. The van der Waals surface area contributed by atoms with E-state index < -0.39 is 35.0 Å². The van der Waals surface area contributed by atoms with Crippen LogP contribution < -0.4 is 14.2 Å². The number of halogens is 5. The molecule has 2 heterocycles. The Morgan fingerprint density at radius 3 is 2.44 bits per heavy atom. The first kappa shape index (κ1) is 22.3. The summed E-state index contributed by atoms with van der Waals surface area (Å²) < 4.78 is 85.3. The van der Waals surface area contributed by atoms with Crippen LogP contribution in [0.15, 0.2) is 35.7 Å². The normalized spacial score (nSPS) is 12.9. The number of hydrogen-bond acceptors (Lipinski definition) is 5. The molecule has 3 aromatic rings. The summed E-state index contributed by atoms with van der Waals surface area (Å²) in [6.07, 6.45) is -4.09. The number of thiophene rings is 1. The molecule has 10 heteroatoms. The third-order valence-electron chi connectivity index (χ3n) is 4.88. The Morgan fingerprint density at radius 1 is 1.03 bits per heavy atom. The second-order valence-corrected chi connectivity index (χ2v) is 7.91. The molecule has 0 bridgehead atoms. The van der Waals surface area contributed by atoms with Gasteiger partial charge >= 0.3 is 6.18 Å². The number of rotatable bonds is 7. The zero-order valence-corrected chi connectivity index (χ0v) is 17.3. The predicted molar refractivity (Wildman–Crippen MR) is 107 cm³/mol. The van der Waals surface area contributed by atoms with Crippen molar-refractivity contribution in [2.45, 2.75) is 25.6 Å². The Kier molecular flexibility index (Phi) is 6.25. The summed E-state index contributed by atoms with van der Waals surface area (Å²) in [5.74, 6) is -1.93. The molecular weight excluding hydrogens is 455 g/mol. The number of alkyl halides is 3. The maximum Gasteiger partial charge on any atom is 0.426 e. The van der Waals surface area contributed by atoms with Crippen molar-refractivity contribution in [2.24, 2.45) is 0 Å². The molecule has 0 aliphatic carbocycles. The average Bonchev–Trinajstić information content (AvgIpc) is 3.37. The molecule has 0 radical (unpaired) electrons. The first-order valence-corrected chi connectivity index (χ1v) is 10.4. The molecule has 0 spiro atoms. The lowest BCUT2D eigenvalue weighted by Crippen LogP contribution is -2.09. The molecule has 1 aliphatic rings. The number of aryl methyl sites for hydroxylation is 1. The van der Waals surface area contributed by atoms with Crippen molar-refractivity contribution in [3.63, 3.8) is 0 Å². The van der Waals surface area contributed by atoms with Gasteiger partial charge in [-0.3, -0.25) is 0 Å². The van der Waals surface area contributed by atoms with Crippen molar-refractivity contribution in [2.75, 3.05) is 13.4 Å². The summed E-state index contributed by atoms with van der Waals surface area (Å²) >= 11 is 0.478. The highest BCUT2D eigenvalue weighted by atomic mass is 32.1. The first-order chi connectivity index (χ1) is 15.3. The molecule has 1 N–H and O–H groups in total. The lowest BCUT2D eigenvalue weighted by molar-refractivity contribution is -0.135. The van der Waals surface area contributed by atoms with Crippen LogP contribution in [0.2, 0.25) is 0 Å². The smallest absolute Gasteiger partial charge is 0.426 e. The van der Waals surface area contributed by atoms with Crippen molar-refractivity contribution < 1.29 is 41.3 Å². The van der Waals surface area contributed by atoms with Gasteiger partial charge in [0.05, 0.1) is 0 Å². The van der Waals surface area contributed by atoms with Crippen molar-refractivity contribution in [1.82, 2.24) is 0 Å². The Hall–Kier alpha value is -2.85. The largest absolute Gasteiger partial charge is 0.483 e. The standard InChI is InChI=1S/C22H17F5O4S/c23-16-6-12(2-1-5-28)7-17(24)20(16)29-9-14-15(10-32-21(14)22(25,26)27)13-3-4-18-19(8-13)31-11-30-18/h3-4,6-8,10,28H,1-2,5,9,11H2. The van der Waals surface area contributed by atoms with Gasteiger partial charge in [0.1, 0.15) is 11.5 Å². The van der Waals surface area contributed by atoms with Crippen molar-refractivity contribution >= 4 is 11.3 Å². The van der Waals surface area contributed by atoms with Gasteiger partial charge in [0.2, 0.25) is 6.79 Å². The highest BCUT2D eigenvalue weighted by Gasteiger charge is 2.37. The van der Waals surface area contributed by atoms with E-state index in [-0.39, 0.29) is 30.9 Å². The van der Waals surface area contributed by atoms with Gasteiger partial charge in [-0.15, -0.1) is 11.3 Å². The SMILES string of the molecule is OCCCc1cc(F)c(OCc2c(-c3ccc4c(c3)OCO4)csc2C(F)(F)F)c(F)c1. The molecule has 0 fully saturated rings. The van der Waals surface area contributed by atoms with Crippen molar-refractivity contribution in [1.29, 1.82) is 0 Å². The van der Waals surface area contributed by atoms with Gasteiger partial charge in [-0.1, -0.05) is 6.07 Å². The van der Waals surface area contributed by atoms with E-state index >= 15 is 0 Å². The van der Waals surface area contributed by atoms with E-state index in [1.54, 1.807) is 18.2 Å². The van der Waals surface area contributed by atoms with E-state index in [1.165, 1.54) is 5.38 Å². The van der Waals surface area contributed by atoms with Gasteiger partial charge in [-0.05, 0) is 59.2 Å². The molecule has 0 saturated heterocycles. The number of aliphatic hydroxyl groups is 1. The molecule has 0 saturated carbocycles. The van der Waals surface area contributed by atoms with E-state index in [2.05, 4.69) is 0 Å². The van der Waals surface area contributed by atoms with Crippen LogP contribution in [0.3, 0.4) is 0 Å². The minimum Gasteiger partial charge on any atom is -0.483 e. The molecule has 2 aromatic carbocycles. The zero-order valence-electron chi connectivity index (χ0n) is 16.5. The lowest BCUT2D eigenvalue weighted by Gasteiger charge is -2.14. The van der Waals surface area contributed by atoms with Gasteiger partial charge in [0.25, 0.3) is 0 Å². The zero-order chi connectivity index (χ0) is 22.9. The third kappa shape index (κ3) is 4.51. The summed E-state index contributed by atoms with van der Waals surface area (Å²) in [5.41, 5.74) is 0.736. The summed E-state index contributed by atoms with van der Waals surface area (Å²) in [4.78, 5) is -0.912. The molecule has 170 valence electrons. The van der Waals surface area contributed by atoms with Crippen molar-refractivity contribution in [3.05, 3.63) is 63.4 Å². The fraction of sp³-hybridized carbons (Fsp3) is 0.273. The second-order valence-electron chi connectivity index (χ2n) is 7.03. The predicted octanol–water partition coefficient (Wildman–Crippen LogP) is 5.94. The van der Waals surface area contributed by atoms with Gasteiger partial charge in [0, 0.05) is 12.2 Å². The van der Waals surface area contributed by atoms with Crippen LogP contribution in [-0.2, 0) is 19.2 Å². The van der Waals surface area contributed by atoms with Crippen LogP contribution in [0.1, 0.15) is 22.4 Å². The molecule has 4 rings (SSSR count). The van der Waals surface area contributed by atoms with E-state index in [0.29, 0.717) is 40.4 Å². The van der Waals surface area contributed by atoms with Crippen LogP contribution in [-0.4, -0.2) is 18.5 Å². The minimum absolute atomic E-state index is 0.0129. The fourth-order valence-corrected chi connectivity index (χ4v) is 4.35. The van der Waals surface area contributed by atoms with E-state index in [1.807, 2.05) is 0 Å². The fourth-order valence-electron chi connectivity index (χ4n) is 3.39. The summed E-state index contributed by atoms with van der Waals surface area (Å²) in [5, 5.41) is 10.2. The Balaban J connectivity index is 1.66. The first-order valence-electron chi connectivity index (χ1n) is 9.57. The molecule has 1 aromatic heterocycles. The molecule has 32 heavy (non-hydrogen) atoms. The van der Waals surface area contributed by atoms with Crippen LogP contribution in [0.5, 0.6) is 17.2 Å². The summed E-state index contributed by atoms with van der Waals surface area (Å²) in [6.45, 7) is -0.812. The van der Waals surface area contributed by atoms with Crippen LogP contribution in [0.25, 0.3) is 11.1 Å². The molecule has 1 aliphatic heterocycles. The Morgan fingerprint density at radius 2 is 1.75 bits per heavy atom. The number of ether oxygens (including phenoxy) is 3. The van der Waals surface area contributed by atoms with E-state index in [4.69, 9.17) is 19.3 Å². The second kappa shape index (κ2) is 8.95. The molecule has 0 atom stereocenters. The highest BCUT2D eigenvalue weighted by molar-refractivity contribution is 7.10. The monoisotopic (exact) mass is 472 g/mol. The van der Waals surface area contributed by atoms with Crippen LogP contribution in [0, 0.1) is 11.6 Å². The number of aliphatic hydroxyl groups excluding tert-OH is 1. The van der Waals surface area contributed by atoms with Gasteiger partial charge in [-0.2, -0.15) is 13.2 Å². The summed E-state index contributed by atoms with van der Waals surface area (Å²) in [6, 6.07) is 6.80. The van der Waals surface area contributed by atoms with Crippen LogP contribution in [0.4, 0.5) is 22.0 Å². The maximum absolute atomic E-state index is 14.4. The van der Waals surface area contributed by atoms with Gasteiger partial charge < -0.3 is 19.3 Å². The number of benzene rings is 2. The van der Waals surface area contributed by atoms with Gasteiger partial charge in [0.15, 0.2) is 28.9 Å². The molecule has 4 nitrogen and oxygen atoms in total.